The van der Waals surface area contributed by atoms with Crippen molar-refractivity contribution in [1.82, 2.24) is 15.1 Å². The van der Waals surface area contributed by atoms with Gasteiger partial charge in [0.15, 0.2) is 0 Å². The summed E-state index contributed by atoms with van der Waals surface area (Å²) in [5.41, 5.74) is 5.89. The van der Waals surface area contributed by atoms with E-state index in [0.29, 0.717) is 12.5 Å². The van der Waals surface area contributed by atoms with Gasteiger partial charge in [0, 0.05) is 38.3 Å². The van der Waals surface area contributed by atoms with E-state index in [4.69, 9.17) is 5.73 Å². The summed E-state index contributed by atoms with van der Waals surface area (Å²) in [5.74, 6) is 0.419. The Morgan fingerprint density at radius 2 is 1.80 bits per heavy atom. The van der Waals surface area contributed by atoms with Gasteiger partial charge in [0.25, 0.3) is 0 Å². The molecule has 1 rings (SSSR count). The van der Waals surface area contributed by atoms with Gasteiger partial charge in [-0.3, -0.25) is 9.69 Å². The number of nitrogens with two attached hydrogens (primary N) is 1. The van der Waals surface area contributed by atoms with Crippen LogP contribution in [0, 0.1) is 5.92 Å². The van der Waals surface area contributed by atoms with Gasteiger partial charge in [0.05, 0.1) is 6.04 Å². The molecule has 1 fully saturated rings. The molecular weight excluding hydrogens is 252 g/mol. The molecule has 0 aliphatic carbocycles. The number of hydrogen-bond donors (Lipinski definition) is 2. The molecule has 0 saturated carbocycles. The summed E-state index contributed by atoms with van der Waals surface area (Å²) < 4.78 is 0. The number of carbonyl (C=O) groups is 1. The standard InChI is InChI=1S/C15H32N4O/c1-12(2)10-13(16)14(20)17-11-15(3,4)19-8-6-18(5)7-9-19/h12-13H,6-11,16H2,1-5H3,(H,17,20). The third-order valence-corrected chi connectivity index (χ3v) is 4.12. The van der Waals surface area contributed by atoms with E-state index in [9.17, 15) is 4.79 Å². The van der Waals surface area contributed by atoms with Crippen molar-refractivity contribution in [1.29, 1.82) is 0 Å². The van der Waals surface area contributed by atoms with Gasteiger partial charge in [-0.15, -0.1) is 0 Å². The molecular formula is C15H32N4O. The molecule has 0 spiro atoms. The molecule has 0 aromatic rings. The lowest BCUT2D eigenvalue weighted by molar-refractivity contribution is -0.123. The van der Waals surface area contributed by atoms with Crippen molar-refractivity contribution in [2.75, 3.05) is 39.8 Å². The largest absolute Gasteiger partial charge is 0.353 e. The highest BCUT2D eigenvalue weighted by Crippen LogP contribution is 2.15. The summed E-state index contributed by atoms with van der Waals surface area (Å²) in [5, 5.41) is 3.02. The van der Waals surface area contributed by atoms with Crippen LogP contribution in [-0.4, -0.2) is 67.1 Å². The van der Waals surface area contributed by atoms with E-state index in [0.717, 1.165) is 32.6 Å². The molecule has 1 heterocycles. The molecule has 0 aromatic heterocycles. The minimum Gasteiger partial charge on any atom is -0.353 e. The number of piperazine rings is 1. The Bertz CT molecular complexity index is 309. The Kier molecular flexibility index (Phi) is 6.43. The van der Waals surface area contributed by atoms with Gasteiger partial charge in [0.1, 0.15) is 0 Å². The molecule has 0 bridgehead atoms. The number of nitrogens with one attached hydrogen (secondary N) is 1. The molecule has 20 heavy (non-hydrogen) atoms. The third-order valence-electron chi connectivity index (χ3n) is 4.12. The maximum atomic E-state index is 12.0. The molecule has 0 aromatic carbocycles. The van der Waals surface area contributed by atoms with Crippen LogP contribution in [0.3, 0.4) is 0 Å². The lowest BCUT2D eigenvalue weighted by atomic mass is 10.00. The minimum absolute atomic E-state index is 0.0194. The number of amides is 1. The first kappa shape index (κ1) is 17.4. The second-order valence-corrected chi connectivity index (χ2v) is 7.06. The molecule has 1 saturated heterocycles. The zero-order chi connectivity index (χ0) is 15.3. The zero-order valence-electron chi connectivity index (χ0n) is 13.8. The number of rotatable bonds is 6. The first-order valence-electron chi connectivity index (χ1n) is 7.69. The highest BCUT2D eigenvalue weighted by atomic mass is 16.2. The van der Waals surface area contributed by atoms with Crippen molar-refractivity contribution in [2.45, 2.75) is 45.7 Å². The quantitative estimate of drug-likeness (QED) is 0.746. The predicted octanol–water partition coefficient (Wildman–Crippen LogP) is 0.502. The van der Waals surface area contributed by atoms with E-state index in [1.165, 1.54) is 0 Å². The number of likely N-dealkylation sites (N-methyl/N-ethyl adjacent to an activating group) is 1. The van der Waals surface area contributed by atoms with Gasteiger partial charge in [-0.05, 0) is 33.2 Å². The van der Waals surface area contributed by atoms with Crippen molar-refractivity contribution in [2.24, 2.45) is 11.7 Å². The molecule has 1 aliphatic heterocycles. The van der Waals surface area contributed by atoms with E-state index >= 15 is 0 Å². The fraction of sp³-hybridized carbons (Fsp3) is 0.933. The van der Waals surface area contributed by atoms with E-state index in [1.54, 1.807) is 0 Å². The van der Waals surface area contributed by atoms with Crippen LogP contribution in [0.15, 0.2) is 0 Å². The SMILES string of the molecule is CC(C)CC(N)C(=O)NCC(C)(C)N1CCN(C)CC1. The van der Waals surface area contributed by atoms with Crippen molar-refractivity contribution in [3.05, 3.63) is 0 Å². The van der Waals surface area contributed by atoms with E-state index in [-0.39, 0.29) is 11.4 Å². The molecule has 5 nitrogen and oxygen atoms in total. The monoisotopic (exact) mass is 284 g/mol. The number of hydrogen-bond acceptors (Lipinski definition) is 4. The summed E-state index contributed by atoms with van der Waals surface area (Å²) in [4.78, 5) is 16.8. The van der Waals surface area contributed by atoms with Crippen LogP contribution < -0.4 is 11.1 Å². The molecule has 1 unspecified atom stereocenters. The van der Waals surface area contributed by atoms with Gasteiger partial charge in [0.2, 0.25) is 5.91 Å². The predicted molar refractivity (Wildman–Crippen MR) is 83.6 cm³/mol. The molecule has 1 aliphatic rings. The maximum Gasteiger partial charge on any atom is 0.236 e. The highest BCUT2D eigenvalue weighted by molar-refractivity contribution is 5.81. The average molecular weight is 284 g/mol. The van der Waals surface area contributed by atoms with E-state index < -0.39 is 6.04 Å². The lowest BCUT2D eigenvalue weighted by Crippen LogP contribution is -2.58. The second-order valence-electron chi connectivity index (χ2n) is 7.06. The van der Waals surface area contributed by atoms with Crippen LogP contribution in [-0.2, 0) is 4.79 Å². The van der Waals surface area contributed by atoms with E-state index in [2.05, 4.69) is 49.9 Å². The smallest absolute Gasteiger partial charge is 0.236 e. The van der Waals surface area contributed by atoms with Crippen molar-refractivity contribution in [3.63, 3.8) is 0 Å². The zero-order valence-corrected chi connectivity index (χ0v) is 13.8. The fourth-order valence-electron chi connectivity index (χ4n) is 2.57. The van der Waals surface area contributed by atoms with Gasteiger partial charge >= 0.3 is 0 Å². The molecule has 1 amide bonds. The Hall–Kier alpha value is -0.650. The molecule has 118 valence electrons. The van der Waals surface area contributed by atoms with Crippen molar-refractivity contribution >= 4 is 5.91 Å². The topological polar surface area (TPSA) is 61.6 Å². The summed E-state index contributed by atoms with van der Waals surface area (Å²) in [6, 6.07) is -0.390. The number of carbonyl (C=O) groups excluding carboxylic acids is 1. The summed E-state index contributed by atoms with van der Waals surface area (Å²) >= 11 is 0. The van der Waals surface area contributed by atoms with Crippen molar-refractivity contribution < 1.29 is 4.79 Å². The van der Waals surface area contributed by atoms with Gasteiger partial charge < -0.3 is 16.0 Å². The van der Waals surface area contributed by atoms with Crippen LogP contribution in [0.25, 0.3) is 0 Å². The average Bonchev–Trinajstić information content (AvgIpc) is 2.35. The first-order valence-corrected chi connectivity index (χ1v) is 7.69. The lowest BCUT2D eigenvalue weighted by Gasteiger charge is -2.43. The Labute approximate surface area is 123 Å². The van der Waals surface area contributed by atoms with Gasteiger partial charge in [-0.1, -0.05) is 13.8 Å². The molecule has 1 atom stereocenters. The Balaban J connectivity index is 2.40. The van der Waals surface area contributed by atoms with Gasteiger partial charge in [-0.25, -0.2) is 0 Å². The van der Waals surface area contributed by atoms with Crippen LogP contribution >= 0.6 is 0 Å². The van der Waals surface area contributed by atoms with Crippen LogP contribution in [0.4, 0.5) is 0 Å². The molecule has 0 radical (unpaired) electrons. The van der Waals surface area contributed by atoms with E-state index in [1.807, 2.05) is 0 Å². The second kappa shape index (κ2) is 7.38. The van der Waals surface area contributed by atoms with Crippen LogP contribution in [0.1, 0.15) is 34.1 Å². The molecule has 3 N–H and O–H groups in total. The Morgan fingerprint density at radius 1 is 1.25 bits per heavy atom. The summed E-state index contributed by atoms with van der Waals surface area (Å²) in [6.45, 7) is 13.5. The summed E-state index contributed by atoms with van der Waals surface area (Å²) in [7, 11) is 2.15. The molecule has 5 heteroatoms. The van der Waals surface area contributed by atoms with Crippen LogP contribution in [0.5, 0.6) is 0 Å². The summed E-state index contributed by atoms with van der Waals surface area (Å²) in [6.07, 6.45) is 0.737. The van der Waals surface area contributed by atoms with Crippen LogP contribution in [0.2, 0.25) is 0 Å². The first-order chi connectivity index (χ1) is 9.22. The number of nitrogens with zero attached hydrogens (tertiary/aromatic N) is 2. The Morgan fingerprint density at radius 3 is 2.30 bits per heavy atom. The highest BCUT2D eigenvalue weighted by Gasteiger charge is 2.30. The third kappa shape index (κ3) is 5.38. The minimum atomic E-state index is -0.390. The van der Waals surface area contributed by atoms with Gasteiger partial charge in [-0.2, -0.15) is 0 Å². The normalized spacial score (nSPS) is 20.1. The fourth-order valence-corrected chi connectivity index (χ4v) is 2.57. The maximum absolute atomic E-state index is 12.0. The van der Waals surface area contributed by atoms with Crippen molar-refractivity contribution in [3.8, 4) is 0 Å².